The number of Topliss-reactive ketones (excluding diaryl/α,β-unsaturated/α-hetero) is 1. The monoisotopic (exact) mass is 400 g/mol. The van der Waals surface area contributed by atoms with Gasteiger partial charge in [-0.05, 0) is 0 Å². The molecule has 154 valence electrons. The van der Waals surface area contributed by atoms with Crippen LogP contribution in [0.3, 0.4) is 0 Å². The van der Waals surface area contributed by atoms with Crippen molar-refractivity contribution in [2.45, 2.75) is 39.2 Å². The minimum absolute atomic E-state index is 0.170. The lowest BCUT2D eigenvalue weighted by Gasteiger charge is -2.27. The third-order valence-electron chi connectivity index (χ3n) is 4.88. The molecule has 1 saturated heterocycles. The first kappa shape index (κ1) is 20.9. The van der Waals surface area contributed by atoms with Crippen molar-refractivity contribution in [3.8, 4) is 11.1 Å². The van der Waals surface area contributed by atoms with Gasteiger partial charge in [0, 0.05) is 67.9 Å². The number of hydrogen-bond acceptors (Lipinski definition) is 7. The van der Waals surface area contributed by atoms with Crippen molar-refractivity contribution in [3.05, 3.63) is 42.0 Å². The average molecular weight is 400 g/mol. The van der Waals surface area contributed by atoms with Gasteiger partial charge >= 0.3 is 0 Å². The zero-order valence-corrected chi connectivity index (χ0v) is 16.5. The summed E-state index contributed by atoms with van der Waals surface area (Å²) < 4.78 is 14.4. The van der Waals surface area contributed by atoms with E-state index in [0.29, 0.717) is 49.6 Å². The van der Waals surface area contributed by atoms with Crippen molar-refractivity contribution < 1.29 is 19.1 Å². The Morgan fingerprint density at radius 2 is 2.00 bits per heavy atom. The number of carbonyl (C=O) groups excluding carboxylic acids is 1. The predicted molar refractivity (Wildman–Crippen MR) is 108 cm³/mol. The number of hydrogen-bond donors (Lipinski definition) is 1. The SMILES string of the molecule is CCC(=O)CCON=C1CCN(c2ncc(-c3cccc(CO)c3F)cn2)CC1. The second-order valence-electron chi connectivity index (χ2n) is 6.83. The molecule has 1 aliphatic heterocycles. The number of piperidine rings is 1. The fraction of sp³-hybridized carbons (Fsp3) is 0.429. The van der Waals surface area contributed by atoms with Crippen molar-refractivity contribution in [2.24, 2.45) is 5.16 Å². The van der Waals surface area contributed by atoms with Gasteiger partial charge in [0.05, 0.1) is 12.3 Å². The molecule has 0 atom stereocenters. The minimum Gasteiger partial charge on any atom is -0.395 e. The maximum Gasteiger partial charge on any atom is 0.225 e. The van der Waals surface area contributed by atoms with Crippen LogP contribution < -0.4 is 4.90 Å². The highest BCUT2D eigenvalue weighted by Gasteiger charge is 2.18. The number of aromatic nitrogens is 2. The van der Waals surface area contributed by atoms with E-state index < -0.39 is 5.82 Å². The lowest BCUT2D eigenvalue weighted by molar-refractivity contribution is -0.119. The molecule has 1 fully saturated rings. The van der Waals surface area contributed by atoms with Gasteiger partial charge in [0.15, 0.2) is 0 Å². The number of rotatable bonds is 8. The highest BCUT2D eigenvalue weighted by atomic mass is 19.1. The molecule has 0 amide bonds. The molecule has 1 N–H and O–H groups in total. The first-order valence-corrected chi connectivity index (χ1v) is 9.77. The second kappa shape index (κ2) is 10.1. The van der Waals surface area contributed by atoms with Gasteiger partial charge in [0.25, 0.3) is 0 Å². The highest BCUT2D eigenvalue weighted by molar-refractivity contribution is 5.86. The van der Waals surface area contributed by atoms with E-state index in [-0.39, 0.29) is 18.0 Å². The summed E-state index contributed by atoms with van der Waals surface area (Å²) in [6.07, 6.45) is 5.58. The summed E-state index contributed by atoms with van der Waals surface area (Å²) in [7, 11) is 0. The maximum absolute atomic E-state index is 14.4. The molecule has 0 bridgehead atoms. The highest BCUT2D eigenvalue weighted by Crippen LogP contribution is 2.25. The topological polar surface area (TPSA) is 87.9 Å². The largest absolute Gasteiger partial charge is 0.395 e. The molecule has 0 radical (unpaired) electrons. The molecule has 0 unspecified atom stereocenters. The molecule has 3 rings (SSSR count). The summed E-state index contributed by atoms with van der Waals surface area (Å²) >= 11 is 0. The van der Waals surface area contributed by atoms with E-state index in [2.05, 4.69) is 15.1 Å². The number of benzene rings is 1. The molecule has 1 aromatic heterocycles. The maximum atomic E-state index is 14.4. The van der Waals surface area contributed by atoms with Crippen LogP contribution in [-0.4, -0.2) is 46.3 Å². The van der Waals surface area contributed by atoms with Gasteiger partial charge in [-0.2, -0.15) is 0 Å². The Morgan fingerprint density at radius 1 is 1.28 bits per heavy atom. The Hall–Kier alpha value is -2.87. The Bertz CT molecular complexity index is 861. The number of halogens is 1. The number of carbonyl (C=O) groups is 1. The van der Waals surface area contributed by atoms with Gasteiger partial charge in [0.1, 0.15) is 18.2 Å². The van der Waals surface area contributed by atoms with Gasteiger partial charge in [-0.3, -0.25) is 4.79 Å². The predicted octanol–water partition coefficient (Wildman–Crippen LogP) is 3.12. The molecule has 0 saturated carbocycles. The zero-order chi connectivity index (χ0) is 20.6. The molecule has 1 aliphatic rings. The number of oxime groups is 1. The zero-order valence-electron chi connectivity index (χ0n) is 16.5. The van der Waals surface area contributed by atoms with E-state index >= 15 is 0 Å². The van der Waals surface area contributed by atoms with E-state index in [1.54, 1.807) is 30.6 Å². The molecule has 7 nitrogen and oxygen atoms in total. The van der Waals surface area contributed by atoms with E-state index in [1.165, 1.54) is 0 Å². The van der Waals surface area contributed by atoms with Crippen molar-refractivity contribution in [3.63, 3.8) is 0 Å². The summed E-state index contributed by atoms with van der Waals surface area (Å²) in [6, 6.07) is 4.89. The average Bonchev–Trinajstić information content (AvgIpc) is 2.77. The van der Waals surface area contributed by atoms with Crippen LogP contribution in [0.4, 0.5) is 10.3 Å². The van der Waals surface area contributed by atoms with E-state index in [1.807, 2.05) is 11.8 Å². The molecule has 2 heterocycles. The normalized spacial score (nSPS) is 14.0. The fourth-order valence-electron chi connectivity index (χ4n) is 3.08. The smallest absolute Gasteiger partial charge is 0.225 e. The summed E-state index contributed by atoms with van der Waals surface area (Å²) in [5.41, 5.74) is 2.14. The number of aliphatic hydroxyl groups excluding tert-OH is 1. The van der Waals surface area contributed by atoms with Crippen molar-refractivity contribution in [2.75, 3.05) is 24.6 Å². The van der Waals surface area contributed by atoms with Crippen molar-refractivity contribution >= 4 is 17.4 Å². The fourth-order valence-corrected chi connectivity index (χ4v) is 3.08. The number of anilines is 1. The van der Waals surface area contributed by atoms with Crippen LogP contribution in [0, 0.1) is 5.82 Å². The number of nitrogens with zero attached hydrogens (tertiary/aromatic N) is 4. The van der Waals surface area contributed by atoms with E-state index in [9.17, 15) is 14.3 Å². The van der Waals surface area contributed by atoms with Gasteiger partial charge < -0.3 is 14.8 Å². The summed E-state index contributed by atoms with van der Waals surface area (Å²) in [4.78, 5) is 27.3. The number of ketones is 1. The van der Waals surface area contributed by atoms with Crippen LogP contribution >= 0.6 is 0 Å². The molecule has 8 heteroatoms. The second-order valence-corrected chi connectivity index (χ2v) is 6.83. The number of aliphatic hydroxyl groups is 1. The third kappa shape index (κ3) is 5.35. The Labute approximate surface area is 169 Å². The quantitative estimate of drug-likeness (QED) is 0.541. The van der Waals surface area contributed by atoms with Crippen LogP contribution in [0.2, 0.25) is 0 Å². The third-order valence-corrected chi connectivity index (χ3v) is 4.88. The van der Waals surface area contributed by atoms with Crippen molar-refractivity contribution in [1.82, 2.24) is 9.97 Å². The first-order chi connectivity index (χ1) is 14.1. The Morgan fingerprint density at radius 3 is 2.66 bits per heavy atom. The minimum atomic E-state index is -0.453. The summed E-state index contributed by atoms with van der Waals surface area (Å²) in [5, 5.41) is 13.4. The molecule has 0 aliphatic carbocycles. The molecular formula is C21H25FN4O3. The molecule has 0 spiro atoms. The molecule has 2 aromatic rings. The van der Waals surface area contributed by atoms with Crippen LogP contribution in [0.5, 0.6) is 0 Å². The van der Waals surface area contributed by atoms with Crippen LogP contribution in [-0.2, 0) is 16.2 Å². The van der Waals surface area contributed by atoms with Crippen LogP contribution in [0.1, 0.15) is 38.2 Å². The van der Waals surface area contributed by atoms with Gasteiger partial charge in [-0.25, -0.2) is 14.4 Å². The Balaban J connectivity index is 1.56. The van der Waals surface area contributed by atoms with Crippen molar-refractivity contribution in [1.29, 1.82) is 0 Å². The first-order valence-electron chi connectivity index (χ1n) is 9.77. The summed E-state index contributed by atoms with van der Waals surface area (Å²) in [5.74, 6) is 0.301. The van der Waals surface area contributed by atoms with Gasteiger partial charge in [-0.1, -0.05) is 30.3 Å². The van der Waals surface area contributed by atoms with Crippen LogP contribution in [0.15, 0.2) is 35.7 Å². The van der Waals surface area contributed by atoms with E-state index in [0.717, 1.165) is 18.6 Å². The molecule has 29 heavy (non-hydrogen) atoms. The van der Waals surface area contributed by atoms with Gasteiger partial charge in [-0.15, -0.1) is 0 Å². The lowest BCUT2D eigenvalue weighted by Crippen LogP contribution is -2.35. The van der Waals surface area contributed by atoms with Crippen LogP contribution in [0.25, 0.3) is 11.1 Å². The molecule has 1 aromatic carbocycles. The van der Waals surface area contributed by atoms with Gasteiger partial charge in [0.2, 0.25) is 5.95 Å². The summed E-state index contributed by atoms with van der Waals surface area (Å²) in [6.45, 7) is 3.22. The lowest BCUT2D eigenvalue weighted by atomic mass is 10.1. The van der Waals surface area contributed by atoms with E-state index in [4.69, 9.17) is 4.84 Å². The molecular weight excluding hydrogens is 375 g/mol. The Kier molecular flexibility index (Phi) is 7.24. The standard InChI is InChI=1S/C21H25FN4O3/c1-2-18(28)8-11-29-25-17-6-9-26(10-7-17)21-23-12-16(13-24-21)19-5-3-4-15(14-27)20(19)22/h3-5,12-13,27H,2,6-11,14H2,1H3.